The molecule has 172 valence electrons. The highest BCUT2D eigenvalue weighted by molar-refractivity contribution is 14.1. The molecule has 0 aromatic carbocycles. The van der Waals surface area contributed by atoms with E-state index in [9.17, 15) is 4.21 Å². The van der Waals surface area contributed by atoms with Crippen molar-refractivity contribution < 1.29 is 13.4 Å². The van der Waals surface area contributed by atoms with Crippen LogP contribution in [0.1, 0.15) is 73.6 Å². The van der Waals surface area contributed by atoms with Gasteiger partial charge in [-0.3, -0.25) is 0 Å². The zero-order chi connectivity index (χ0) is 23.5. The summed E-state index contributed by atoms with van der Waals surface area (Å²) in [6.45, 7) is 21.0. The van der Waals surface area contributed by atoms with Crippen molar-refractivity contribution in [1.29, 1.82) is 0 Å². The van der Waals surface area contributed by atoms with E-state index in [1.54, 1.807) is 0 Å². The van der Waals surface area contributed by atoms with Gasteiger partial charge < -0.3 is 9.16 Å². The third-order valence-corrected chi connectivity index (χ3v) is 12.2. The van der Waals surface area contributed by atoms with Crippen molar-refractivity contribution in [2.45, 2.75) is 90.8 Å². The molecule has 0 fully saturated rings. The molecule has 1 rings (SSSR count). The van der Waals surface area contributed by atoms with Crippen LogP contribution >= 0.6 is 34.2 Å². The molecule has 0 radical (unpaired) electrons. The van der Waals surface area contributed by atoms with Crippen molar-refractivity contribution in [2.75, 3.05) is 6.61 Å². The quantitative estimate of drug-likeness (QED) is 0.141. The van der Waals surface area contributed by atoms with Gasteiger partial charge in [-0.2, -0.15) is 4.40 Å². The van der Waals surface area contributed by atoms with E-state index in [2.05, 4.69) is 65.8 Å². The van der Waals surface area contributed by atoms with Gasteiger partial charge in [0.25, 0.3) is 0 Å². The molecule has 5 nitrogen and oxygen atoms in total. The van der Waals surface area contributed by atoms with E-state index in [-0.39, 0.29) is 17.7 Å². The van der Waals surface area contributed by atoms with Crippen LogP contribution in [-0.4, -0.2) is 34.6 Å². The fourth-order valence-electron chi connectivity index (χ4n) is 2.11. The predicted octanol–water partition coefficient (Wildman–Crippen LogP) is 7.11. The second kappa shape index (κ2) is 10.7. The molecule has 0 spiro atoms. The SMILES string of the molecule is CCC(COc1c(I)cc(C(C)O[Si](C)(C)C(C)(C)C)nc1Cl)=NS(=O)C(C)(C)C. The summed E-state index contributed by atoms with van der Waals surface area (Å²) < 4.78 is 29.5. The summed E-state index contributed by atoms with van der Waals surface area (Å²) in [5, 5.41) is 0.416. The minimum absolute atomic E-state index is 0.115. The fraction of sp³-hybridized carbons (Fsp3) is 0.714. The van der Waals surface area contributed by atoms with Crippen molar-refractivity contribution in [3.05, 3.63) is 20.5 Å². The normalized spacial score (nSPS) is 15.8. The average Bonchev–Trinajstić information content (AvgIpc) is 2.57. The van der Waals surface area contributed by atoms with E-state index in [4.69, 9.17) is 20.8 Å². The Morgan fingerprint density at radius 2 is 1.87 bits per heavy atom. The second-order valence-electron chi connectivity index (χ2n) is 9.83. The van der Waals surface area contributed by atoms with Gasteiger partial charge in [0.2, 0.25) is 0 Å². The summed E-state index contributed by atoms with van der Waals surface area (Å²) >= 11 is 8.66. The first-order valence-corrected chi connectivity index (χ1v) is 15.6. The number of hydrogen-bond acceptors (Lipinski definition) is 4. The summed E-state index contributed by atoms with van der Waals surface area (Å²) in [5.74, 6) is 0.517. The molecule has 0 aliphatic carbocycles. The molecule has 2 atom stereocenters. The molecule has 30 heavy (non-hydrogen) atoms. The van der Waals surface area contributed by atoms with Gasteiger partial charge in [0.05, 0.1) is 25.8 Å². The van der Waals surface area contributed by atoms with Crippen LogP contribution in [-0.2, 0) is 15.4 Å². The van der Waals surface area contributed by atoms with Gasteiger partial charge in [0.1, 0.15) is 17.6 Å². The number of rotatable bonds is 8. The van der Waals surface area contributed by atoms with Gasteiger partial charge in [-0.25, -0.2) is 9.19 Å². The van der Waals surface area contributed by atoms with Gasteiger partial charge >= 0.3 is 0 Å². The maximum Gasteiger partial charge on any atom is 0.192 e. The highest BCUT2D eigenvalue weighted by Crippen LogP contribution is 2.40. The molecule has 1 aromatic rings. The van der Waals surface area contributed by atoms with Gasteiger partial charge in [0.15, 0.2) is 19.2 Å². The van der Waals surface area contributed by atoms with E-state index < -0.39 is 24.1 Å². The molecule has 0 aliphatic heterocycles. The fourth-order valence-corrected chi connectivity index (χ4v) is 5.30. The number of hydrogen-bond donors (Lipinski definition) is 0. The third-order valence-electron chi connectivity index (χ3n) is 5.13. The lowest BCUT2D eigenvalue weighted by Gasteiger charge is -2.38. The molecule has 2 unspecified atom stereocenters. The largest absolute Gasteiger partial charge is 0.483 e. The molecule has 0 saturated carbocycles. The number of halogens is 2. The zero-order valence-corrected chi connectivity index (χ0v) is 24.6. The topological polar surface area (TPSA) is 60.8 Å². The number of ether oxygens (including phenoxy) is 1. The Morgan fingerprint density at radius 3 is 2.30 bits per heavy atom. The van der Waals surface area contributed by atoms with Crippen molar-refractivity contribution in [3.8, 4) is 5.75 Å². The van der Waals surface area contributed by atoms with Gasteiger partial charge in [0, 0.05) is 0 Å². The van der Waals surface area contributed by atoms with Crippen LogP contribution in [0.15, 0.2) is 10.5 Å². The minimum atomic E-state index is -1.93. The Morgan fingerprint density at radius 1 is 1.30 bits per heavy atom. The minimum Gasteiger partial charge on any atom is -0.483 e. The van der Waals surface area contributed by atoms with Crippen LogP contribution in [0.4, 0.5) is 0 Å². The molecule has 0 N–H and O–H groups in total. The molecule has 0 bridgehead atoms. The summed E-state index contributed by atoms with van der Waals surface area (Å²) in [6.07, 6.45) is 0.492. The molecule has 0 saturated heterocycles. The van der Waals surface area contributed by atoms with Crippen molar-refractivity contribution in [2.24, 2.45) is 4.40 Å². The van der Waals surface area contributed by atoms with Crippen molar-refractivity contribution in [3.63, 3.8) is 0 Å². The Bertz CT molecular complexity index is 781. The van der Waals surface area contributed by atoms with E-state index in [1.165, 1.54) is 0 Å². The maximum atomic E-state index is 12.3. The van der Waals surface area contributed by atoms with Gasteiger partial charge in [-0.1, -0.05) is 39.3 Å². The first kappa shape index (κ1) is 28.0. The summed E-state index contributed by atoms with van der Waals surface area (Å²) in [6, 6.07) is 1.95. The van der Waals surface area contributed by atoms with Gasteiger partial charge in [-0.15, -0.1) is 0 Å². The van der Waals surface area contributed by atoms with E-state index in [1.807, 2.05) is 40.7 Å². The Labute approximate surface area is 204 Å². The molecule has 1 aromatic heterocycles. The molecular weight excluding hydrogens is 551 g/mol. The molecule has 0 amide bonds. The first-order valence-electron chi connectivity index (χ1n) is 10.1. The number of nitrogens with zero attached hydrogens (tertiary/aromatic N) is 2. The van der Waals surface area contributed by atoms with E-state index >= 15 is 0 Å². The number of aromatic nitrogens is 1. The van der Waals surface area contributed by atoms with Crippen LogP contribution in [0.3, 0.4) is 0 Å². The highest BCUT2D eigenvalue weighted by atomic mass is 127. The highest BCUT2D eigenvalue weighted by Gasteiger charge is 2.39. The molecular formula is C21H36ClIN2O3SSi. The lowest BCUT2D eigenvalue weighted by atomic mass is 10.2. The van der Waals surface area contributed by atoms with Crippen LogP contribution in [0.5, 0.6) is 5.75 Å². The van der Waals surface area contributed by atoms with Crippen LogP contribution in [0.2, 0.25) is 23.3 Å². The molecule has 0 aliphatic rings. The molecule has 9 heteroatoms. The lowest BCUT2D eigenvalue weighted by molar-refractivity contribution is 0.198. The van der Waals surface area contributed by atoms with E-state index in [0.717, 1.165) is 15.0 Å². The Hall–Kier alpha value is -0.0331. The third kappa shape index (κ3) is 7.83. The van der Waals surface area contributed by atoms with E-state index in [0.29, 0.717) is 17.3 Å². The van der Waals surface area contributed by atoms with Crippen LogP contribution in [0, 0.1) is 3.57 Å². The summed E-state index contributed by atoms with van der Waals surface area (Å²) in [4.78, 5) is 4.54. The smallest absolute Gasteiger partial charge is 0.192 e. The van der Waals surface area contributed by atoms with Crippen molar-refractivity contribution >= 4 is 59.2 Å². The van der Waals surface area contributed by atoms with Crippen molar-refractivity contribution in [1.82, 2.24) is 4.98 Å². The summed E-state index contributed by atoms with van der Waals surface area (Å²) in [7, 11) is -3.25. The lowest BCUT2D eigenvalue weighted by Crippen LogP contribution is -2.41. The van der Waals surface area contributed by atoms with Crippen LogP contribution in [0.25, 0.3) is 0 Å². The second-order valence-corrected chi connectivity index (χ2v) is 18.0. The Kier molecular flexibility index (Phi) is 10.0. The zero-order valence-electron chi connectivity index (χ0n) is 19.9. The predicted molar refractivity (Wildman–Crippen MR) is 140 cm³/mol. The Balaban J connectivity index is 3.01. The summed E-state index contributed by atoms with van der Waals surface area (Å²) in [5.41, 5.74) is 1.52. The van der Waals surface area contributed by atoms with Crippen LogP contribution < -0.4 is 4.74 Å². The standard InChI is InChI=1S/C21H36ClIN2O3SSi/c1-11-15(25-29(26)20(3,4)5)13-27-18-16(23)12-17(24-19(18)22)14(2)28-30(9,10)21(6,7)8/h12,14H,11,13H2,1-10H3. The molecule has 1 heterocycles. The average molecular weight is 587 g/mol. The van der Waals surface area contributed by atoms with Gasteiger partial charge in [-0.05, 0) is 80.9 Å². The first-order chi connectivity index (χ1) is 13.5. The monoisotopic (exact) mass is 586 g/mol. The number of pyridine rings is 1. The maximum absolute atomic E-state index is 12.3.